The van der Waals surface area contributed by atoms with Crippen molar-refractivity contribution in [1.29, 1.82) is 0 Å². The van der Waals surface area contributed by atoms with E-state index in [1.165, 1.54) is 5.56 Å². The molecule has 0 aromatic heterocycles. The third kappa shape index (κ3) is 5.70. The zero-order valence-corrected chi connectivity index (χ0v) is 14.6. The number of hydrogen-bond donors (Lipinski definition) is 1. The van der Waals surface area contributed by atoms with E-state index in [9.17, 15) is 0 Å². The van der Waals surface area contributed by atoms with Gasteiger partial charge in [-0.25, -0.2) is 4.99 Å². The lowest BCUT2D eigenvalue weighted by atomic mass is 10.1. The van der Waals surface area contributed by atoms with E-state index in [0.717, 1.165) is 24.2 Å². The van der Waals surface area contributed by atoms with Gasteiger partial charge in [-0.05, 0) is 30.5 Å². The van der Waals surface area contributed by atoms with Gasteiger partial charge in [-0.2, -0.15) is 0 Å². The summed E-state index contributed by atoms with van der Waals surface area (Å²) in [6, 6.07) is 18.5. The second kappa shape index (κ2) is 9.73. The van der Waals surface area contributed by atoms with E-state index >= 15 is 0 Å². The van der Waals surface area contributed by atoms with E-state index in [2.05, 4.69) is 49.2 Å². The fraction of sp³-hybridized carbons (Fsp3) is 0.350. The Hall–Kier alpha value is -2.33. The zero-order chi connectivity index (χ0) is 17.2. The molecular formula is C20H27N3O. The van der Waals surface area contributed by atoms with E-state index in [0.29, 0.717) is 25.7 Å². The summed E-state index contributed by atoms with van der Waals surface area (Å²) < 4.78 is 5.79. The molecule has 0 atom stereocenters. The molecule has 0 aliphatic heterocycles. The maximum Gasteiger partial charge on any atom is 0.191 e. The van der Waals surface area contributed by atoms with Crippen molar-refractivity contribution in [3.63, 3.8) is 0 Å². The first kappa shape index (κ1) is 18.0. The van der Waals surface area contributed by atoms with Crippen LogP contribution in [0.2, 0.25) is 0 Å². The highest BCUT2D eigenvalue weighted by Gasteiger charge is 2.02. The quantitative estimate of drug-likeness (QED) is 0.596. The van der Waals surface area contributed by atoms with Crippen LogP contribution in [0.25, 0.3) is 0 Å². The third-order valence-electron chi connectivity index (χ3n) is 3.88. The van der Waals surface area contributed by atoms with Crippen molar-refractivity contribution in [2.24, 2.45) is 10.7 Å². The minimum atomic E-state index is 0.592. The standard InChI is InChI=1S/C20H27N3O/c1-3-23(4-2)20(21)22-14-18-11-8-12-19(13-18)16-24-15-17-9-6-5-7-10-17/h5-13H,3-4,14-16H2,1-2H3,(H2,21,22). The Kier molecular flexibility index (Phi) is 7.30. The summed E-state index contributed by atoms with van der Waals surface area (Å²) in [4.78, 5) is 6.53. The highest BCUT2D eigenvalue weighted by atomic mass is 16.5. The Labute approximate surface area is 145 Å². The molecule has 4 heteroatoms. The first-order valence-electron chi connectivity index (χ1n) is 8.47. The highest BCUT2D eigenvalue weighted by Crippen LogP contribution is 2.10. The summed E-state index contributed by atoms with van der Waals surface area (Å²) >= 11 is 0. The maximum absolute atomic E-state index is 6.02. The monoisotopic (exact) mass is 325 g/mol. The average molecular weight is 325 g/mol. The van der Waals surface area contributed by atoms with Gasteiger partial charge in [0, 0.05) is 13.1 Å². The molecule has 4 nitrogen and oxygen atoms in total. The van der Waals surface area contributed by atoms with Crippen molar-refractivity contribution < 1.29 is 4.74 Å². The van der Waals surface area contributed by atoms with Gasteiger partial charge >= 0.3 is 0 Å². The van der Waals surface area contributed by atoms with E-state index in [1.54, 1.807) is 0 Å². The van der Waals surface area contributed by atoms with Gasteiger partial charge in [-0.15, -0.1) is 0 Å². The molecule has 0 aliphatic carbocycles. The molecule has 2 N–H and O–H groups in total. The molecule has 0 aliphatic rings. The summed E-state index contributed by atoms with van der Waals surface area (Å²) in [5.74, 6) is 0.603. The number of nitrogens with two attached hydrogens (primary N) is 1. The third-order valence-corrected chi connectivity index (χ3v) is 3.88. The Morgan fingerprint density at radius 2 is 1.54 bits per heavy atom. The lowest BCUT2D eigenvalue weighted by molar-refractivity contribution is 0.107. The Morgan fingerprint density at radius 1 is 0.917 bits per heavy atom. The van der Waals surface area contributed by atoms with Gasteiger partial charge in [-0.1, -0.05) is 54.6 Å². The first-order chi connectivity index (χ1) is 11.7. The van der Waals surface area contributed by atoms with Crippen molar-refractivity contribution in [2.45, 2.75) is 33.6 Å². The number of benzene rings is 2. The van der Waals surface area contributed by atoms with Gasteiger partial charge in [0.15, 0.2) is 5.96 Å². The van der Waals surface area contributed by atoms with Crippen molar-refractivity contribution >= 4 is 5.96 Å². The van der Waals surface area contributed by atoms with E-state index < -0.39 is 0 Å². The molecule has 0 amide bonds. The molecule has 0 fully saturated rings. The minimum Gasteiger partial charge on any atom is -0.372 e. The zero-order valence-electron chi connectivity index (χ0n) is 14.6. The molecule has 0 saturated heterocycles. The predicted molar refractivity (Wildman–Crippen MR) is 99.6 cm³/mol. The molecule has 0 unspecified atom stereocenters. The van der Waals surface area contributed by atoms with Crippen LogP contribution in [-0.4, -0.2) is 23.9 Å². The normalized spacial score (nSPS) is 11.5. The van der Waals surface area contributed by atoms with E-state index in [-0.39, 0.29) is 0 Å². The van der Waals surface area contributed by atoms with E-state index in [1.807, 2.05) is 29.2 Å². The molecule has 2 rings (SSSR count). The average Bonchev–Trinajstić information content (AvgIpc) is 2.62. The van der Waals surface area contributed by atoms with Crippen molar-refractivity contribution in [2.75, 3.05) is 13.1 Å². The summed E-state index contributed by atoms with van der Waals surface area (Å²) in [6.07, 6.45) is 0. The number of ether oxygens (including phenoxy) is 1. The number of nitrogens with zero attached hydrogens (tertiary/aromatic N) is 2. The van der Waals surface area contributed by atoms with Crippen LogP contribution >= 0.6 is 0 Å². The Morgan fingerprint density at radius 3 is 2.25 bits per heavy atom. The maximum atomic E-state index is 6.02. The predicted octanol–water partition coefficient (Wildman–Crippen LogP) is 3.56. The van der Waals surface area contributed by atoms with E-state index in [4.69, 9.17) is 10.5 Å². The number of guanidine groups is 1. The Bertz CT molecular complexity index is 636. The molecule has 24 heavy (non-hydrogen) atoms. The largest absolute Gasteiger partial charge is 0.372 e. The molecule has 0 spiro atoms. The van der Waals surface area contributed by atoms with Crippen LogP contribution in [0.3, 0.4) is 0 Å². The minimum absolute atomic E-state index is 0.592. The van der Waals surface area contributed by atoms with Crippen LogP contribution in [0, 0.1) is 0 Å². The molecule has 2 aromatic rings. The van der Waals surface area contributed by atoms with Crippen LogP contribution in [0.1, 0.15) is 30.5 Å². The van der Waals surface area contributed by atoms with Gasteiger partial charge in [0.1, 0.15) is 0 Å². The fourth-order valence-electron chi connectivity index (χ4n) is 2.50. The topological polar surface area (TPSA) is 50.8 Å². The van der Waals surface area contributed by atoms with Crippen LogP contribution in [0.4, 0.5) is 0 Å². The SMILES string of the molecule is CCN(CC)C(N)=NCc1cccc(COCc2ccccc2)c1. The first-order valence-corrected chi connectivity index (χ1v) is 8.47. The number of aliphatic imine (C=N–C) groups is 1. The molecule has 0 heterocycles. The van der Waals surface area contributed by atoms with Gasteiger partial charge in [0.05, 0.1) is 19.8 Å². The smallest absolute Gasteiger partial charge is 0.191 e. The summed E-state index contributed by atoms with van der Waals surface area (Å²) in [6.45, 7) is 7.72. The molecule has 0 radical (unpaired) electrons. The summed E-state index contributed by atoms with van der Waals surface area (Å²) in [7, 11) is 0. The van der Waals surface area contributed by atoms with Gasteiger partial charge < -0.3 is 15.4 Å². The fourth-order valence-corrected chi connectivity index (χ4v) is 2.50. The second-order valence-corrected chi connectivity index (χ2v) is 5.65. The van der Waals surface area contributed by atoms with Crippen molar-refractivity contribution in [3.05, 3.63) is 71.3 Å². The van der Waals surface area contributed by atoms with Gasteiger partial charge in [-0.3, -0.25) is 0 Å². The second-order valence-electron chi connectivity index (χ2n) is 5.65. The summed E-state index contributed by atoms with van der Waals surface area (Å²) in [5, 5.41) is 0. The molecule has 2 aromatic carbocycles. The van der Waals surface area contributed by atoms with Crippen LogP contribution in [-0.2, 0) is 24.5 Å². The van der Waals surface area contributed by atoms with Crippen LogP contribution < -0.4 is 5.73 Å². The number of rotatable bonds is 8. The van der Waals surface area contributed by atoms with Gasteiger partial charge in [0.2, 0.25) is 0 Å². The van der Waals surface area contributed by atoms with Gasteiger partial charge in [0.25, 0.3) is 0 Å². The van der Waals surface area contributed by atoms with Crippen molar-refractivity contribution in [1.82, 2.24) is 4.90 Å². The van der Waals surface area contributed by atoms with Crippen LogP contribution in [0.5, 0.6) is 0 Å². The lowest BCUT2D eigenvalue weighted by Gasteiger charge is -2.19. The summed E-state index contributed by atoms with van der Waals surface area (Å²) in [5.41, 5.74) is 9.50. The molecular weight excluding hydrogens is 298 g/mol. The Balaban J connectivity index is 1.88. The number of hydrogen-bond acceptors (Lipinski definition) is 2. The van der Waals surface area contributed by atoms with Crippen LogP contribution in [0.15, 0.2) is 59.6 Å². The van der Waals surface area contributed by atoms with Crippen molar-refractivity contribution in [3.8, 4) is 0 Å². The highest BCUT2D eigenvalue weighted by molar-refractivity contribution is 5.78. The molecule has 0 saturated carbocycles. The molecule has 128 valence electrons. The lowest BCUT2D eigenvalue weighted by Crippen LogP contribution is -2.37. The molecule has 0 bridgehead atoms.